The highest BCUT2D eigenvalue weighted by molar-refractivity contribution is 5.21. The molecule has 0 radical (unpaired) electrons. The Balaban J connectivity index is 2.40. The van der Waals surface area contributed by atoms with E-state index in [4.69, 9.17) is 14.9 Å². The van der Waals surface area contributed by atoms with Crippen LogP contribution in [-0.4, -0.2) is 22.9 Å². The van der Waals surface area contributed by atoms with Crippen molar-refractivity contribution < 1.29 is 14.9 Å². The molecule has 0 aromatic heterocycles. The fourth-order valence-corrected chi connectivity index (χ4v) is 1.50. The van der Waals surface area contributed by atoms with Crippen molar-refractivity contribution in [3.63, 3.8) is 0 Å². The van der Waals surface area contributed by atoms with Crippen LogP contribution in [-0.2, 0) is 18.0 Å². The van der Waals surface area contributed by atoms with Gasteiger partial charge in [0.05, 0.1) is 19.3 Å². The molecule has 1 rings (SSSR count). The summed E-state index contributed by atoms with van der Waals surface area (Å²) in [5.74, 6) is 0. The van der Waals surface area contributed by atoms with Gasteiger partial charge in [0, 0.05) is 6.61 Å². The number of hydrogen-bond donors (Lipinski definition) is 2. The topological polar surface area (TPSA) is 49.7 Å². The zero-order chi connectivity index (χ0) is 11.8. The molecule has 3 heteroatoms. The minimum atomic E-state index is 0.0727. The second-order valence-electron chi connectivity index (χ2n) is 3.83. The highest BCUT2D eigenvalue weighted by Gasteiger charge is 2.05. The lowest BCUT2D eigenvalue weighted by Gasteiger charge is -2.14. The van der Waals surface area contributed by atoms with Gasteiger partial charge in [0.15, 0.2) is 0 Å². The fraction of sp³-hybridized carbons (Fsp3) is 0.538. The second-order valence-corrected chi connectivity index (χ2v) is 3.83. The van der Waals surface area contributed by atoms with Crippen LogP contribution in [0.4, 0.5) is 0 Å². The van der Waals surface area contributed by atoms with E-state index in [1.165, 1.54) is 0 Å². The van der Waals surface area contributed by atoms with E-state index in [9.17, 15) is 0 Å². The first kappa shape index (κ1) is 13.2. The van der Waals surface area contributed by atoms with Crippen molar-refractivity contribution in [2.24, 2.45) is 0 Å². The molecule has 1 unspecified atom stereocenters. The van der Waals surface area contributed by atoms with Crippen LogP contribution in [0.5, 0.6) is 0 Å². The second kappa shape index (κ2) is 7.39. The molecule has 3 nitrogen and oxygen atoms in total. The molecule has 0 saturated heterocycles. The summed E-state index contributed by atoms with van der Waals surface area (Å²) in [4.78, 5) is 0. The molecule has 1 aromatic carbocycles. The lowest BCUT2D eigenvalue weighted by molar-refractivity contribution is 0.0220. The molecule has 0 aliphatic carbocycles. The number of aliphatic hydroxyl groups excluding tert-OH is 2. The summed E-state index contributed by atoms with van der Waals surface area (Å²) >= 11 is 0. The average molecular weight is 224 g/mol. The molecule has 0 heterocycles. The van der Waals surface area contributed by atoms with Crippen molar-refractivity contribution in [3.8, 4) is 0 Å². The van der Waals surface area contributed by atoms with Gasteiger partial charge in [-0.1, -0.05) is 31.2 Å². The summed E-state index contributed by atoms with van der Waals surface area (Å²) in [6.07, 6.45) is 1.73. The minimum absolute atomic E-state index is 0.0727. The van der Waals surface area contributed by atoms with Crippen LogP contribution in [0.15, 0.2) is 24.3 Å². The van der Waals surface area contributed by atoms with E-state index < -0.39 is 0 Å². The third-order valence-corrected chi connectivity index (χ3v) is 2.60. The largest absolute Gasteiger partial charge is 0.396 e. The maximum absolute atomic E-state index is 8.90. The van der Waals surface area contributed by atoms with E-state index in [1.807, 2.05) is 24.3 Å². The molecular weight excluding hydrogens is 204 g/mol. The van der Waals surface area contributed by atoms with Gasteiger partial charge in [-0.15, -0.1) is 0 Å². The van der Waals surface area contributed by atoms with E-state index in [0.29, 0.717) is 13.0 Å². The van der Waals surface area contributed by atoms with Gasteiger partial charge in [0.1, 0.15) is 0 Å². The first-order valence-corrected chi connectivity index (χ1v) is 5.71. The van der Waals surface area contributed by atoms with Crippen LogP contribution in [0.2, 0.25) is 0 Å². The van der Waals surface area contributed by atoms with Gasteiger partial charge in [-0.3, -0.25) is 0 Å². The number of hydrogen-bond acceptors (Lipinski definition) is 3. The van der Waals surface area contributed by atoms with Crippen LogP contribution < -0.4 is 0 Å². The summed E-state index contributed by atoms with van der Waals surface area (Å²) in [6, 6.07) is 7.70. The molecule has 0 spiro atoms. The smallest absolute Gasteiger partial charge is 0.0720 e. The molecule has 0 aliphatic heterocycles. The van der Waals surface area contributed by atoms with Gasteiger partial charge in [-0.25, -0.2) is 0 Å². The van der Waals surface area contributed by atoms with Crippen LogP contribution in [0.25, 0.3) is 0 Å². The lowest BCUT2D eigenvalue weighted by atomic mass is 10.1. The summed E-state index contributed by atoms with van der Waals surface area (Å²) in [5.41, 5.74) is 2.00. The standard InChI is InChI=1S/C13H20O3/c1-2-13(7-8-14)16-10-12-5-3-11(9-15)4-6-12/h3-6,13-15H,2,7-10H2,1H3. The highest BCUT2D eigenvalue weighted by Crippen LogP contribution is 2.10. The molecule has 0 amide bonds. The number of rotatable bonds is 7. The van der Waals surface area contributed by atoms with Crippen molar-refractivity contribution in [1.82, 2.24) is 0 Å². The molecule has 1 aromatic rings. The molecule has 0 fully saturated rings. The van der Waals surface area contributed by atoms with Crippen molar-refractivity contribution >= 4 is 0 Å². The highest BCUT2D eigenvalue weighted by atomic mass is 16.5. The number of benzene rings is 1. The maximum atomic E-state index is 8.90. The van der Waals surface area contributed by atoms with Crippen molar-refractivity contribution in [3.05, 3.63) is 35.4 Å². The van der Waals surface area contributed by atoms with Crippen molar-refractivity contribution in [2.45, 2.75) is 39.1 Å². The number of ether oxygens (including phenoxy) is 1. The monoisotopic (exact) mass is 224 g/mol. The Hall–Kier alpha value is -0.900. The van der Waals surface area contributed by atoms with Gasteiger partial charge in [0.25, 0.3) is 0 Å². The van der Waals surface area contributed by atoms with Gasteiger partial charge in [0.2, 0.25) is 0 Å². The normalized spacial score (nSPS) is 12.7. The Kier molecular flexibility index (Phi) is 6.08. The molecule has 1 atom stereocenters. The minimum Gasteiger partial charge on any atom is -0.396 e. The van der Waals surface area contributed by atoms with Gasteiger partial charge >= 0.3 is 0 Å². The predicted octanol–water partition coefficient (Wildman–Crippen LogP) is 1.86. The third-order valence-electron chi connectivity index (χ3n) is 2.60. The van der Waals surface area contributed by atoms with Crippen molar-refractivity contribution in [1.29, 1.82) is 0 Å². The van der Waals surface area contributed by atoms with E-state index in [2.05, 4.69) is 6.92 Å². The number of aliphatic hydroxyl groups is 2. The third kappa shape index (κ3) is 4.31. The first-order valence-electron chi connectivity index (χ1n) is 5.71. The SMILES string of the molecule is CCC(CCO)OCc1ccc(CO)cc1. The molecule has 0 bridgehead atoms. The predicted molar refractivity (Wildman–Crippen MR) is 62.9 cm³/mol. The molecular formula is C13H20O3. The quantitative estimate of drug-likeness (QED) is 0.743. The average Bonchev–Trinajstić information content (AvgIpc) is 2.35. The van der Waals surface area contributed by atoms with Crippen LogP contribution in [0.1, 0.15) is 30.9 Å². The van der Waals surface area contributed by atoms with Gasteiger partial charge in [-0.2, -0.15) is 0 Å². The summed E-state index contributed by atoms with van der Waals surface area (Å²) in [5, 5.41) is 17.7. The van der Waals surface area contributed by atoms with E-state index in [-0.39, 0.29) is 19.3 Å². The molecule has 16 heavy (non-hydrogen) atoms. The first-order chi connectivity index (χ1) is 7.80. The molecule has 2 N–H and O–H groups in total. The van der Waals surface area contributed by atoms with E-state index in [0.717, 1.165) is 17.5 Å². The Morgan fingerprint density at radius 3 is 2.25 bits per heavy atom. The molecule has 0 aliphatic rings. The molecule has 90 valence electrons. The van der Waals surface area contributed by atoms with Gasteiger partial charge < -0.3 is 14.9 Å². The summed E-state index contributed by atoms with van der Waals surface area (Å²) in [7, 11) is 0. The van der Waals surface area contributed by atoms with Crippen LogP contribution in [0.3, 0.4) is 0 Å². The zero-order valence-electron chi connectivity index (χ0n) is 9.72. The van der Waals surface area contributed by atoms with Gasteiger partial charge in [-0.05, 0) is 24.0 Å². The van der Waals surface area contributed by atoms with E-state index >= 15 is 0 Å². The zero-order valence-corrected chi connectivity index (χ0v) is 9.72. The van der Waals surface area contributed by atoms with Crippen molar-refractivity contribution in [2.75, 3.05) is 6.61 Å². The Morgan fingerprint density at radius 1 is 1.12 bits per heavy atom. The molecule has 0 saturated carbocycles. The van der Waals surface area contributed by atoms with Crippen LogP contribution in [0, 0.1) is 0 Å². The Labute approximate surface area is 96.7 Å². The summed E-state index contributed by atoms with van der Waals surface area (Å²) in [6.45, 7) is 2.85. The Bertz CT molecular complexity index is 282. The van der Waals surface area contributed by atoms with Crippen LogP contribution >= 0.6 is 0 Å². The summed E-state index contributed by atoms with van der Waals surface area (Å²) < 4.78 is 5.67. The van der Waals surface area contributed by atoms with E-state index in [1.54, 1.807) is 0 Å². The lowest BCUT2D eigenvalue weighted by Crippen LogP contribution is -2.13. The maximum Gasteiger partial charge on any atom is 0.0720 e. The Morgan fingerprint density at radius 2 is 1.75 bits per heavy atom. The fourth-order valence-electron chi connectivity index (χ4n) is 1.50.